The molecule has 114 valence electrons. The first-order valence-corrected chi connectivity index (χ1v) is 8.48. The standard InChI is InChI=1S/C17H27BrFN/c1-13(2)8-6-4-5-7-11-20-14(3)16-10-9-15(18)12-17(16)19/h9-10,12-14,20H,4-8,11H2,1-3H3. The summed E-state index contributed by atoms with van der Waals surface area (Å²) in [5, 5.41) is 3.40. The van der Waals surface area contributed by atoms with Crippen LogP contribution < -0.4 is 5.32 Å². The van der Waals surface area contributed by atoms with Crippen LogP contribution in [0.15, 0.2) is 22.7 Å². The summed E-state index contributed by atoms with van der Waals surface area (Å²) < 4.78 is 14.6. The first kappa shape index (κ1) is 17.6. The summed E-state index contributed by atoms with van der Waals surface area (Å²) >= 11 is 3.28. The third-order valence-corrected chi connectivity index (χ3v) is 4.08. The van der Waals surface area contributed by atoms with Crippen molar-refractivity contribution in [3.63, 3.8) is 0 Å². The van der Waals surface area contributed by atoms with E-state index in [4.69, 9.17) is 0 Å². The maximum atomic E-state index is 13.8. The number of unbranched alkanes of at least 4 members (excludes halogenated alkanes) is 3. The minimum absolute atomic E-state index is 0.0683. The molecule has 1 N–H and O–H groups in total. The molecule has 0 aliphatic rings. The average Bonchev–Trinajstić information content (AvgIpc) is 2.37. The highest BCUT2D eigenvalue weighted by molar-refractivity contribution is 9.10. The van der Waals surface area contributed by atoms with E-state index < -0.39 is 0 Å². The van der Waals surface area contributed by atoms with Crippen molar-refractivity contribution in [3.05, 3.63) is 34.1 Å². The van der Waals surface area contributed by atoms with E-state index in [1.54, 1.807) is 0 Å². The van der Waals surface area contributed by atoms with Gasteiger partial charge in [0, 0.05) is 16.1 Å². The minimum Gasteiger partial charge on any atom is -0.310 e. The first-order valence-electron chi connectivity index (χ1n) is 7.69. The SMILES string of the molecule is CC(C)CCCCCCNC(C)c1ccc(Br)cc1F. The molecule has 0 aliphatic carbocycles. The number of rotatable bonds is 9. The van der Waals surface area contributed by atoms with Crippen molar-refractivity contribution in [2.75, 3.05) is 6.54 Å². The number of hydrogen-bond acceptors (Lipinski definition) is 1. The summed E-state index contributed by atoms with van der Waals surface area (Å²) in [6.07, 6.45) is 6.39. The molecule has 0 saturated heterocycles. The zero-order valence-electron chi connectivity index (χ0n) is 12.9. The Morgan fingerprint density at radius 1 is 1.10 bits per heavy atom. The van der Waals surface area contributed by atoms with E-state index in [0.29, 0.717) is 0 Å². The predicted octanol–water partition coefficient (Wildman–Crippen LogP) is 5.85. The number of hydrogen-bond donors (Lipinski definition) is 1. The Bertz CT molecular complexity index is 393. The van der Waals surface area contributed by atoms with E-state index in [-0.39, 0.29) is 11.9 Å². The molecule has 0 aliphatic heterocycles. The third kappa shape index (κ3) is 6.85. The monoisotopic (exact) mass is 343 g/mol. The highest BCUT2D eigenvalue weighted by atomic mass is 79.9. The van der Waals surface area contributed by atoms with E-state index in [1.165, 1.54) is 38.2 Å². The van der Waals surface area contributed by atoms with E-state index in [2.05, 4.69) is 35.1 Å². The van der Waals surface area contributed by atoms with Crippen molar-refractivity contribution in [1.29, 1.82) is 0 Å². The van der Waals surface area contributed by atoms with Crippen LogP contribution >= 0.6 is 15.9 Å². The van der Waals surface area contributed by atoms with Crippen LogP contribution in [0.1, 0.15) is 64.5 Å². The smallest absolute Gasteiger partial charge is 0.129 e. The fourth-order valence-corrected chi connectivity index (χ4v) is 2.65. The molecule has 0 fully saturated rings. The van der Waals surface area contributed by atoms with Crippen LogP contribution in [-0.2, 0) is 0 Å². The lowest BCUT2D eigenvalue weighted by molar-refractivity contribution is 0.489. The molecule has 0 radical (unpaired) electrons. The van der Waals surface area contributed by atoms with Crippen LogP contribution in [-0.4, -0.2) is 6.54 Å². The average molecular weight is 344 g/mol. The van der Waals surface area contributed by atoms with Gasteiger partial charge in [-0.05, 0) is 37.9 Å². The number of halogens is 2. The summed E-state index contributed by atoms with van der Waals surface area (Å²) in [7, 11) is 0. The summed E-state index contributed by atoms with van der Waals surface area (Å²) in [6.45, 7) is 7.52. The normalized spacial score (nSPS) is 12.9. The van der Waals surface area contributed by atoms with Crippen LogP contribution in [0.3, 0.4) is 0 Å². The zero-order chi connectivity index (χ0) is 15.0. The van der Waals surface area contributed by atoms with Gasteiger partial charge in [0.05, 0.1) is 0 Å². The first-order chi connectivity index (χ1) is 9.50. The predicted molar refractivity (Wildman–Crippen MR) is 88.4 cm³/mol. The largest absolute Gasteiger partial charge is 0.310 e. The van der Waals surface area contributed by atoms with Crippen molar-refractivity contribution < 1.29 is 4.39 Å². The lowest BCUT2D eigenvalue weighted by Gasteiger charge is -2.15. The van der Waals surface area contributed by atoms with Crippen molar-refractivity contribution in [1.82, 2.24) is 5.32 Å². The molecule has 1 nitrogen and oxygen atoms in total. The van der Waals surface area contributed by atoms with Gasteiger partial charge in [0.1, 0.15) is 5.82 Å². The van der Waals surface area contributed by atoms with Gasteiger partial charge in [-0.3, -0.25) is 0 Å². The number of benzene rings is 1. The summed E-state index contributed by atoms with van der Waals surface area (Å²) in [4.78, 5) is 0. The van der Waals surface area contributed by atoms with Crippen molar-refractivity contribution in [3.8, 4) is 0 Å². The molecular weight excluding hydrogens is 317 g/mol. The molecule has 0 bridgehead atoms. The van der Waals surface area contributed by atoms with Crippen molar-refractivity contribution in [2.24, 2.45) is 5.92 Å². The minimum atomic E-state index is -0.142. The molecule has 0 heterocycles. The van der Waals surface area contributed by atoms with E-state index in [0.717, 1.165) is 22.5 Å². The summed E-state index contributed by atoms with van der Waals surface area (Å²) in [5.41, 5.74) is 0.744. The molecule has 0 spiro atoms. The second-order valence-electron chi connectivity index (χ2n) is 5.94. The molecule has 20 heavy (non-hydrogen) atoms. The second kappa shape index (κ2) is 9.51. The zero-order valence-corrected chi connectivity index (χ0v) is 14.5. The molecule has 1 unspecified atom stereocenters. The van der Waals surface area contributed by atoms with Gasteiger partial charge >= 0.3 is 0 Å². The quantitative estimate of drug-likeness (QED) is 0.555. The van der Waals surface area contributed by atoms with Crippen LogP contribution in [0.25, 0.3) is 0 Å². The molecule has 0 aromatic heterocycles. The van der Waals surface area contributed by atoms with Gasteiger partial charge in [0.25, 0.3) is 0 Å². The molecule has 3 heteroatoms. The Morgan fingerprint density at radius 3 is 2.45 bits per heavy atom. The molecule has 1 aromatic carbocycles. The van der Waals surface area contributed by atoms with E-state index in [1.807, 2.05) is 19.1 Å². The highest BCUT2D eigenvalue weighted by Crippen LogP contribution is 2.20. The Kier molecular flexibility index (Phi) is 8.39. The van der Waals surface area contributed by atoms with Crippen LogP contribution in [0.5, 0.6) is 0 Å². The van der Waals surface area contributed by atoms with Crippen LogP contribution in [0.2, 0.25) is 0 Å². The Labute approximate surface area is 131 Å². The maximum Gasteiger partial charge on any atom is 0.129 e. The lowest BCUT2D eigenvalue weighted by Crippen LogP contribution is -2.20. The van der Waals surface area contributed by atoms with Gasteiger partial charge in [-0.2, -0.15) is 0 Å². The molecule has 1 rings (SSSR count). The van der Waals surface area contributed by atoms with Gasteiger partial charge in [0.15, 0.2) is 0 Å². The number of nitrogens with one attached hydrogen (secondary N) is 1. The van der Waals surface area contributed by atoms with E-state index >= 15 is 0 Å². The molecule has 1 atom stereocenters. The molecule has 0 amide bonds. The van der Waals surface area contributed by atoms with Crippen LogP contribution in [0, 0.1) is 11.7 Å². The maximum absolute atomic E-state index is 13.8. The fraction of sp³-hybridized carbons (Fsp3) is 0.647. The fourth-order valence-electron chi connectivity index (χ4n) is 2.31. The Balaban J connectivity index is 2.18. The third-order valence-electron chi connectivity index (χ3n) is 3.59. The molecule has 0 saturated carbocycles. The summed E-state index contributed by atoms with van der Waals surface area (Å²) in [6, 6.07) is 5.33. The van der Waals surface area contributed by atoms with Gasteiger partial charge in [-0.15, -0.1) is 0 Å². The van der Waals surface area contributed by atoms with E-state index in [9.17, 15) is 4.39 Å². The molecular formula is C17H27BrFN. The second-order valence-corrected chi connectivity index (χ2v) is 6.85. The summed E-state index contributed by atoms with van der Waals surface area (Å²) in [5.74, 6) is 0.671. The van der Waals surface area contributed by atoms with Crippen molar-refractivity contribution in [2.45, 2.75) is 58.9 Å². The van der Waals surface area contributed by atoms with Gasteiger partial charge < -0.3 is 5.32 Å². The van der Waals surface area contributed by atoms with Gasteiger partial charge in [-0.1, -0.05) is 61.5 Å². The molecule has 1 aromatic rings. The van der Waals surface area contributed by atoms with Gasteiger partial charge in [0.2, 0.25) is 0 Å². The lowest BCUT2D eigenvalue weighted by atomic mass is 10.0. The van der Waals surface area contributed by atoms with Crippen molar-refractivity contribution >= 4 is 15.9 Å². The topological polar surface area (TPSA) is 12.0 Å². The van der Waals surface area contributed by atoms with Crippen LogP contribution in [0.4, 0.5) is 4.39 Å². The Hall–Kier alpha value is -0.410. The Morgan fingerprint density at radius 2 is 1.80 bits per heavy atom. The highest BCUT2D eigenvalue weighted by Gasteiger charge is 2.10. The van der Waals surface area contributed by atoms with Gasteiger partial charge in [-0.25, -0.2) is 4.39 Å².